The quantitative estimate of drug-likeness (QED) is 0.312. The summed E-state index contributed by atoms with van der Waals surface area (Å²) in [5.74, 6) is 0.743. The van der Waals surface area contributed by atoms with Crippen LogP contribution in [0.2, 0.25) is 0 Å². The number of nitriles is 1. The van der Waals surface area contributed by atoms with Gasteiger partial charge in [0.1, 0.15) is 11.4 Å². The number of amides is 1. The zero-order valence-electron chi connectivity index (χ0n) is 22.9. The fourth-order valence-electron chi connectivity index (χ4n) is 4.61. The normalized spacial score (nSPS) is 14.1. The Morgan fingerprint density at radius 1 is 1.14 bits per heavy atom. The number of ether oxygens (including phenoxy) is 1. The second-order valence-corrected chi connectivity index (χ2v) is 10.9. The van der Waals surface area contributed by atoms with Gasteiger partial charge in [-0.1, -0.05) is 36.3 Å². The summed E-state index contributed by atoms with van der Waals surface area (Å²) in [7, 11) is 0. The van der Waals surface area contributed by atoms with E-state index >= 15 is 0 Å². The molecule has 7 nitrogen and oxygen atoms in total. The Hall–Kier alpha value is -3.79. The van der Waals surface area contributed by atoms with Crippen molar-refractivity contribution in [2.75, 3.05) is 11.6 Å². The van der Waals surface area contributed by atoms with Gasteiger partial charge in [0.15, 0.2) is 0 Å². The molecule has 7 heteroatoms. The highest BCUT2D eigenvalue weighted by Crippen LogP contribution is 2.48. The first-order valence-electron chi connectivity index (χ1n) is 12.9. The van der Waals surface area contributed by atoms with Crippen molar-refractivity contribution in [3.05, 3.63) is 65.0 Å². The van der Waals surface area contributed by atoms with Crippen molar-refractivity contribution in [1.82, 2.24) is 10.2 Å². The van der Waals surface area contributed by atoms with Gasteiger partial charge in [-0.15, -0.1) is 0 Å². The first-order chi connectivity index (χ1) is 17.5. The van der Waals surface area contributed by atoms with Crippen LogP contribution < -0.4 is 5.01 Å². The fourth-order valence-corrected chi connectivity index (χ4v) is 4.61. The monoisotopic (exact) mass is 500 g/mol. The predicted molar refractivity (Wildman–Crippen MR) is 144 cm³/mol. The Bertz CT molecular complexity index is 1300. The third-order valence-electron chi connectivity index (χ3n) is 6.67. The molecule has 1 aliphatic carbocycles. The maximum absolute atomic E-state index is 13.5. The number of carbonyl (C=O) groups excluding carboxylic acids is 1. The van der Waals surface area contributed by atoms with Gasteiger partial charge in [0, 0.05) is 12.1 Å². The zero-order chi connectivity index (χ0) is 27.0. The van der Waals surface area contributed by atoms with Crippen LogP contribution in [0.3, 0.4) is 0 Å². The Labute approximate surface area is 219 Å². The zero-order valence-corrected chi connectivity index (χ0v) is 22.9. The molecular formula is C30H36N4O3. The van der Waals surface area contributed by atoms with E-state index in [1.54, 1.807) is 5.01 Å². The number of aromatic nitrogens is 1. The highest BCUT2D eigenvalue weighted by Gasteiger charge is 2.44. The third-order valence-corrected chi connectivity index (χ3v) is 6.67. The highest BCUT2D eigenvalue weighted by molar-refractivity contribution is 5.80. The summed E-state index contributed by atoms with van der Waals surface area (Å²) in [6.45, 7) is 14.0. The minimum Gasteiger partial charge on any atom is -0.442 e. The summed E-state index contributed by atoms with van der Waals surface area (Å²) in [4.78, 5) is 13.5. The fraction of sp³-hybridized carbons (Fsp3) is 0.433. The van der Waals surface area contributed by atoms with Crippen LogP contribution in [0.5, 0.6) is 0 Å². The van der Waals surface area contributed by atoms with Gasteiger partial charge in [0.2, 0.25) is 0 Å². The summed E-state index contributed by atoms with van der Waals surface area (Å²) in [5.41, 5.74) is 5.38. The first kappa shape index (κ1) is 26.3. The minimum absolute atomic E-state index is 0.378. The van der Waals surface area contributed by atoms with Gasteiger partial charge >= 0.3 is 6.09 Å². The van der Waals surface area contributed by atoms with Crippen molar-refractivity contribution in [2.45, 2.75) is 78.7 Å². The van der Waals surface area contributed by atoms with E-state index in [9.17, 15) is 10.1 Å². The van der Waals surface area contributed by atoms with Crippen LogP contribution in [0.1, 0.15) is 69.5 Å². The standard InChI is InChI=1S/C30H36N4O3/c1-8-17-33(28(35)36-29(5,6)7)34(25-13-11-24(12-14-25)30(19-31)15-16-30)26-18-23(10-9-20(26)2)27-21(3)32-37-22(27)4/h9-14,18H,8,15-17H2,1-7H3. The third kappa shape index (κ3) is 5.34. The molecule has 0 radical (unpaired) electrons. The molecule has 1 fully saturated rings. The molecule has 3 aromatic rings. The molecule has 0 N–H and O–H groups in total. The number of hydrazine groups is 1. The molecule has 1 aliphatic rings. The molecule has 194 valence electrons. The molecule has 0 spiro atoms. The van der Waals surface area contributed by atoms with Gasteiger partial charge < -0.3 is 9.26 Å². The van der Waals surface area contributed by atoms with E-state index in [-0.39, 0.29) is 5.41 Å². The lowest BCUT2D eigenvalue weighted by molar-refractivity contribution is 0.0249. The topological polar surface area (TPSA) is 82.6 Å². The first-order valence-corrected chi connectivity index (χ1v) is 12.9. The van der Waals surface area contributed by atoms with Gasteiger partial charge in [-0.05, 0) is 95.7 Å². The van der Waals surface area contributed by atoms with E-state index in [0.717, 1.165) is 64.3 Å². The lowest BCUT2D eigenvalue weighted by atomic mass is 9.97. The van der Waals surface area contributed by atoms with Crippen LogP contribution in [0.25, 0.3) is 11.1 Å². The Morgan fingerprint density at radius 3 is 2.32 bits per heavy atom. The van der Waals surface area contributed by atoms with Gasteiger partial charge in [-0.25, -0.2) is 14.8 Å². The number of anilines is 2. The maximum Gasteiger partial charge on any atom is 0.429 e. The van der Waals surface area contributed by atoms with Crippen LogP contribution >= 0.6 is 0 Å². The van der Waals surface area contributed by atoms with E-state index in [1.165, 1.54) is 0 Å². The van der Waals surface area contributed by atoms with E-state index in [2.05, 4.69) is 17.3 Å². The van der Waals surface area contributed by atoms with Crippen LogP contribution in [0, 0.1) is 32.1 Å². The van der Waals surface area contributed by atoms with Crippen molar-refractivity contribution in [3.63, 3.8) is 0 Å². The lowest BCUT2D eigenvalue weighted by Crippen LogP contribution is -2.47. The number of nitrogens with zero attached hydrogens (tertiary/aromatic N) is 4. The Kier molecular flexibility index (Phi) is 7.05. The molecule has 1 amide bonds. The molecule has 0 atom stereocenters. The average molecular weight is 501 g/mol. The molecule has 1 aromatic heterocycles. The molecule has 0 bridgehead atoms. The van der Waals surface area contributed by atoms with Crippen molar-refractivity contribution < 1.29 is 14.1 Å². The molecule has 0 aliphatic heterocycles. The van der Waals surface area contributed by atoms with Gasteiger partial charge in [0.25, 0.3) is 0 Å². The van der Waals surface area contributed by atoms with Crippen molar-refractivity contribution >= 4 is 17.5 Å². The summed E-state index contributed by atoms with van der Waals surface area (Å²) in [5, 5.41) is 17.4. The summed E-state index contributed by atoms with van der Waals surface area (Å²) in [6.07, 6.45) is 2.08. The van der Waals surface area contributed by atoms with E-state index in [1.807, 2.05) is 89.9 Å². The molecule has 0 saturated heterocycles. The predicted octanol–water partition coefficient (Wildman–Crippen LogP) is 7.52. The molecule has 37 heavy (non-hydrogen) atoms. The highest BCUT2D eigenvalue weighted by atomic mass is 16.6. The number of carbonyl (C=O) groups is 1. The van der Waals surface area contributed by atoms with E-state index in [4.69, 9.17) is 9.26 Å². The Balaban J connectivity index is 1.86. The summed E-state index contributed by atoms with van der Waals surface area (Å²) >= 11 is 0. The second-order valence-electron chi connectivity index (χ2n) is 10.9. The van der Waals surface area contributed by atoms with Crippen LogP contribution in [-0.4, -0.2) is 28.4 Å². The Morgan fingerprint density at radius 2 is 1.81 bits per heavy atom. The average Bonchev–Trinajstić information content (AvgIpc) is 3.58. The minimum atomic E-state index is -0.642. The number of hydrogen-bond donors (Lipinski definition) is 0. The smallest absolute Gasteiger partial charge is 0.429 e. The molecule has 1 heterocycles. The van der Waals surface area contributed by atoms with E-state index < -0.39 is 11.7 Å². The van der Waals surface area contributed by atoms with Crippen LogP contribution in [0.4, 0.5) is 16.2 Å². The lowest BCUT2D eigenvalue weighted by Gasteiger charge is -2.38. The molecule has 1 saturated carbocycles. The van der Waals surface area contributed by atoms with Gasteiger partial charge in [-0.3, -0.25) is 0 Å². The molecular weight excluding hydrogens is 464 g/mol. The largest absolute Gasteiger partial charge is 0.442 e. The van der Waals surface area contributed by atoms with Crippen molar-refractivity contribution in [3.8, 4) is 17.2 Å². The van der Waals surface area contributed by atoms with Crippen LogP contribution in [-0.2, 0) is 10.2 Å². The summed E-state index contributed by atoms with van der Waals surface area (Å²) < 4.78 is 11.3. The van der Waals surface area contributed by atoms with Crippen molar-refractivity contribution in [1.29, 1.82) is 5.26 Å². The van der Waals surface area contributed by atoms with Gasteiger partial charge in [-0.2, -0.15) is 5.26 Å². The number of rotatable bonds is 7. The molecule has 0 unspecified atom stereocenters. The number of hydrogen-bond acceptors (Lipinski definition) is 6. The molecule has 2 aromatic carbocycles. The SMILES string of the molecule is CCCN(C(=O)OC(C)(C)C)N(c1ccc(C2(C#N)CC2)cc1)c1cc(-c2c(C)noc2C)ccc1C. The number of benzene rings is 2. The van der Waals surface area contributed by atoms with Crippen molar-refractivity contribution in [2.24, 2.45) is 0 Å². The van der Waals surface area contributed by atoms with E-state index in [0.29, 0.717) is 6.54 Å². The molecule has 4 rings (SSSR count). The second kappa shape index (κ2) is 9.93. The van der Waals surface area contributed by atoms with Gasteiger partial charge in [0.05, 0.1) is 28.6 Å². The summed E-state index contributed by atoms with van der Waals surface area (Å²) in [6, 6.07) is 16.6. The number of aryl methyl sites for hydroxylation is 3. The maximum atomic E-state index is 13.5. The van der Waals surface area contributed by atoms with Crippen LogP contribution in [0.15, 0.2) is 47.0 Å².